The fourth-order valence-corrected chi connectivity index (χ4v) is 10.2. The normalized spacial score (nSPS) is 12.0. The molecule has 0 aliphatic rings. The molecule has 0 aliphatic carbocycles. The summed E-state index contributed by atoms with van der Waals surface area (Å²) in [5.41, 5.74) is 10.6. The van der Waals surface area contributed by atoms with Gasteiger partial charge in [0.25, 0.3) is 0 Å². The van der Waals surface area contributed by atoms with Crippen molar-refractivity contribution in [1.82, 2.24) is 24.1 Å². The minimum Gasteiger partial charge on any atom is -0.456 e. The highest BCUT2D eigenvalue weighted by Crippen LogP contribution is 2.43. The molecule has 0 bridgehead atoms. The molecule has 0 spiro atoms. The molecule has 0 saturated carbocycles. The summed E-state index contributed by atoms with van der Waals surface area (Å²) >= 11 is 0. The Labute approximate surface area is 371 Å². The number of nitrogens with zero attached hydrogens (tertiary/aromatic N) is 5. The van der Waals surface area contributed by atoms with Crippen molar-refractivity contribution in [1.29, 1.82) is 0 Å². The lowest BCUT2D eigenvalue weighted by Gasteiger charge is -2.14. The number of hydrogen-bond acceptors (Lipinski definition) is 4. The van der Waals surface area contributed by atoms with Gasteiger partial charge in [-0.2, -0.15) is 0 Å². The van der Waals surface area contributed by atoms with Crippen LogP contribution in [-0.4, -0.2) is 24.1 Å². The van der Waals surface area contributed by atoms with Gasteiger partial charge in [0.1, 0.15) is 11.2 Å². The number of para-hydroxylation sites is 5. The van der Waals surface area contributed by atoms with Gasteiger partial charge >= 0.3 is 0 Å². The van der Waals surface area contributed by atoms with Gasteiger partial charge < -0.3 is 13.6 Å². The van der Waals surface area contributed by atoms with Crippen LogP contribution in [0, 0.1) is 0 Å². The molecule has 14 aromatic rings. The fourth-order valence-electron chi connectivity index (χ4n) is 10.2. The first-order valence-electron chi connectivity index (χ1n) is 21.9. The molecule has 0 radical (unpaired) electrons. The lowest BCUT2D eigenvalue weighted by Crippen LogP contribution is -2.03. The molecule has 6 nitrogen and oxygen atoms in total. The van der Waals surface area contributed by atoms with Crippen LogP contribution < -0.4 is 0 Å². The Morgan fingerprint density at radius 1 is 0.323 bits per heavy atom. The first kappa shape index (κ1) is 35.7. The van der Waals surface area contributed by atoms with Crippen molar-refractivity contribution in [3.63, 3.8) is 0 Å². The smallest absolute Gasteiger partial charge is 0.166 e. The lowest BCUT2D eigenvalue weighted by molar-refractivity contribution is 0.668. The molecule has 0 atom stereocenters. The lowest BCUT2D eigenvalue weighted by atomic mass is 10.0. The van der Waals surface area contributed by atoms with E-state index in [1.54, 1.807) is 0 Å². The van der Waals surface area contributed by atoms with E-state index in [9.17, 15) is 0 Å². The third kappa shape index (κ3) is 5.44. The molecule has 0 fully saturated rings. The van der Waals surface area contributed by atoms with Gasteiger partial charge in [0.2, 0.25) is 0 Å². The zero-order valence-electron chi connectivity index (χ0n) is 34.9. The number of furan rings is 1. The minimum atomic E-state index is 0.558. The molecule has 302 valence electrons. The molecule has 0 aliphatic heterocycles. The molecule has 65 heavy (non-hydrogen) atoms. The SMILES string of the molecule is c1ccc(-n2c3ccccc3c3cccc(-c4nc(-c5ccc6ccccc6c5)nc(-c5cc(-n6c7ccccc7c7cc8ccccc8cc76)cc6oc7ccccc7c56)n4)c32)cc1. The standard InChI is InChI=1S/C59H35N5O/c1-2-19-41(20-3-1)64-51-27-12-8-21-43(51)45-24-14-25-47(56(45)64)58-60-57(40-30-29-36-15-4-5-16-37(36)31-40)61-59(62-58)49-34-42(35-54-55(49)46-23-10-13-28-53(46)65-54)63-50-26-11-9-22-44(50)48-32-38-17-6-7-18-39(38)33-52(48)63/h1-35H. The molecule has 0 amide bonds. The zero-order chi connectivity index (χ0) is 42.6. The van der Waals surface area contributed by atoms with Crippen molar-refractivity contribution < 1.29 is 4.42 Å². The quantitative estimate of drug-likeness (QED) is 0.173. The number of fused-ring (bicyclic) bond motifs is 11. The Morgan fingerprint density at radius 3 is 1.72 bits per heavy atom. The number of aromatic nitrogens is 5. The van der Waals surface area contributed by atoms with Crippen molar-refractivity contribution >= 4 is 87.1 Å². The van der Waals surface area contributed by atoms with E-state index in [-0.39, 0.29) is 0 Å². The van der Waals surface area contributed by atoms with Crippen LogP contribution in [0.25, 0.3) is 133 Å². The Balaban J connectivity index is 1.10. The first-order valence-corrected chi connectivity index (χ1v) is 21.9. The van der Waals surface area contributed by atoms with Crippen molar-refractivity contribution in [2.24, 2.45) is 0 Å². The summed E-state index contributed by atoms with van der Waals surface area (Å²) in [4.78, 5) is 16.4. The third-order valence-electron chi connectivity index (χ3n) is 13.1. The number of benzene rings is 10. The summed E-state index contributed by atoms with van der Waals surface area (Å²) < 4.78 is 11.5. The summed E-state index contributed by atoms with van der Waals surface area (Å²) in [7, 11) is 0. The Kier molecular flexibility index (Phi) is 7.59. The third-order valence-corrected chi connectivity index (χ3v) is 13.1. The van der Waals surface area contributed by atoms with Crippen LogP contribution in [0.1, 0.15) is 0 Å². The van der Waals surface area contributed by atoms with Crippen LogP contribution in [0.15, 0.2) is 217 Å². The average Bonchev–Trinajstić information content (AvgIpc) is 4.03. The van der Waals surface area contributed by atoms with E-state index in [2.05, 4.69) is 209 Å². The minimum absolute atomic E-state index is 0.558. The highest BCUT2D eigenvalue weighted by atomic mass is 16.3. The van der Waals surface area contributed by atoms with Gasteiger partial charge in [-0.25, -0.2) is 15.0 Å². The van der Waals surface area contributed by atoms with E-state index in [0.29, 0.717) is 17.5 Å². The van der Waals surface area contributed by atoms with Crippen LogP contribution >= 0.6 is 0 Å². The average molecular weight is 830 g/mol. The monoisotopic (exact) mass is 829 g/mol. The predicted octanol–water partition coefficient (Wildman–Crippen LogP) is 15.3. The fraction of sp³-hybridized carbons (Fsp3) is 0. The highest BCUT2D eigenvalue weighted by Gasteiger charge is 2.24. The largest absolute Gasteiger partial charge is 0.456 e. The molecule has 6 heteroatoms. The molecule has 0 N–H and O–H groups in total. The van der Waals surface area contributed by atoms with E-state index < -0.39 is 0 Å². The van der Waals surface area contributed by atoms with Crippen LogP contribution in [0.2, 0.25) is 0 Å². The van der Waals surface area contributed by atoms with Crippen LogP contribution in [0.3, 0.4) is 0 Å². The summed E-state index contributed by atoms with van der Waals surface area (Å²) in [5.74, 6) is 1.73. The van der Waals surface area contributed by atoms with Crippen molar-refractivity contribution in [2.45, 2.75) is 0 Å². The second kappa shape index (κ2) is 13.8. The van der Waals surface area contributed by atoms with E-state index in [0.717, 1.165) is 93.6 Å². The topological polar surface area (TPSA) is 61.7 Å². The van der Waals surface area contributed by atoms with Gasteiger partial charge in [0.05, 0.1) is 27.8 Å². The molecule has 14 rings (SSSR count). The van der Waals surface area contributed by atoms with Gasteiger partial charge in [0, 0.05) is 60.8 Å². The summed E-state index contributed by atoms with van der Waals surface area (Å²) in [6.45, 7) is 0. The second-order valence-corrected chi connectivity index (χ2v) is 16.8. The highest BCUT2D eigenvalue weighted by molar-refractivity contribution is 6.17. The second-order valence-electron chi connectivity index (χ2n) is 16.8. The maximum atomic E-state index is 6.79. The molecular weight excluding hydrogens is 795 g/mol. The predicted molar refractivity (Wildman–Crippen MR) is 267 cm³/mol. The van der Waals surface area contributed by atoms with Gasteiger partial charge in [-0.3, -0.25) is 0 Å². The maximum Gasteiger partial charge on any atom is 0.166 e. The summed E-state index contributed by atoms with van der Waals surface area (Å²) in [5, 5.41) is 11.3. The van der Waals surface area contributed by atoms with Gasteiger partial charge in [-0.1, -0.05) is 146 Å². The van der Waals surface area contributed by atoms with Crippen LogP contribution in [0.4, 0.5) is 0 Å². The molecule has 4 heterocycles. The molecule has 4 aromatic heterocycles. The Bertz CT molecular complexity index is 4250. The molecular formula is C59H35N5O. The number of rotatable bonds is 5. The van der Waals surface area contributed by atoms with Crippen molar-refractivity contribution in [2.75, 3.05) is 0 Å². The van der Waals surface area contributed by atoms with Gasteiger partial charge in [-0.15, -0.1) is 0 Å². The van der Waals surface area contributed by atoms with E-state index >= 15 is 0 Å². The van der Waals surface area contributed by atoms with Crippen molar-refractivity contribution in [3.8, 4) is 45.5 Å². The zero-order valence-corrected chi connectivity index (χ0v) is 34.9. The molecule has 0 saturated heterocycles. The van der Waals surface area contributed by atoms with Crippen LogP contribution in [-0.2, 0) is 0 Å². The van der Waals surface area contributed by atoms with E-state index in [1.165, 1.54) is 21.5 Å². The summed E-state index contributed by atoms with van der Waals surface area (Å²) in [6, 6.07) is 75.0. The first-order chi connectivity index (χ1) is 32.2. The van der Waals surface area contributed by atoms with Crippen LogP contribution in [0.5, 0.6) is 0 Å². The Morgan fingerprint density at radius 2 is 0.923 bits per heavy atom. The van der Waals surface area contributed by atoms with E-state index in [1.807, 2.05) is 12.1 Å². The summed E-state index contributed by atoms with van der Waals surface area (Å²) in [6.07, 6.45) is 0. The van der Waals surface area contributed by atoms with Gasteiger partial charge in [-0.05, 0) is 82.2 Å². The Hall–Kier alpha value is -8.87. The maximum absolute atomic E-state index is 6.79. The molecule has 10 aromatic carbocycles. The molecule has 0 unspecified atom stereocenters. The van der Waals surface area contributed by atoms with E-state index in [4.69, 9.17) is 19.4 Å². The van der Waals surface area contributed by atoms with Crippen molar-refractivity contribution in [3.05, 3.63) is 212 Å². The number of hydrogen-bond donors (Lipinski definition) is 0. The van der Waals surface area contributed by atoms with Gasteiger partial charge in [0.15, 0.2) is 17.5 Å².